The van der Waals surface area contributed by atoms with E-state index in [2.05, 4.69) is 26.1 Å². The van der Waals surface area contributed by atoms with Crippen LogP contribution in [0.5, 0.6) is 0 Å². The van der Waals surface area contributed by atoms with Crippen LogP contribution in [0.1, 0.15) is 85.0 Å². The van der Waals surface area contributed by atoms with Gasteiger partial charge in [-0.2, -0.15) is 0 Å². The fourth-order valence-electron chi connectivity index (χ4n) is 3.95. The van der Waals surface area contributed by atoms with E-state index < -0.39 is 0 Å². The highest BCUT2D eigenvalue weighted by Gasteiger charge is 2.36. The number of nitrogens with one attached hydrogen (secondary N) is 1. The van der Waals surface area contributed by atoms with E-state index in [1.54, 1.807) is 0 Å². The largest absolute Gasteiger partial charge is 0.353 e. The molecule has 1 aliphatic carbocycles. The Bertz CT molecular complexity index is 290. The summed E-state index contributed by atoms with van der Waals surface area (Å²) in [5, 5.41) is 3.32. The summed E-state index contributed by atoms with van der Waals surface area (Å²) in [6.45, 7) is 7.03. The predicted molar refractivity (Wildman–Crippen MR) is 90.1 cm³/mol. The number of hydrogen-bond acceptors (Lipinski definition) is 2. The minimum atomic E-state index is -0.330. The molecular weight excluding hydrogens is 260 g/mol. The molecule has 1 rings (SSSR count). The summed E-state index contributed by atoms with van der Waals surface area (Å²) in [6.07, 6.45) is 11.3. The number of rotatable bonds is 9. The van der Waals surface area contributed by atoms with Gasteiger partial charge in [-0.3, -0.25) is 4.79 Å². The van der Waals surface area contributed by atoms with Gasteiger partial charge in [0.25, 0.3) is 0 Å². The molecule has 1 fully saturated rings. The molecule has 1 amide bonds. The molecule has 3 nitrogen and oxygen atoms in total. The second kappa shape index (κ2) is 9.45. The molecule has 0 unspecified atom stereocenters. The maximum Gasteiger partial charge on any atom is 0.227 e. The standard InChI is InChI=1S/C18H36N2O/c1-4-7-15-8-10-16(11-9-15)20-17(21)18(14-19,12-5-2)13-6-3/h15-16H,4-14,19H2,1-3H3,(H,20,21). The minimum Gasteiger partial charge on any atom is -0.353 e. The number of nitrogens with two attached hydrogens (primary N) is 1. The zero-order valence-corrected chi connectivity index (χ0v) is 14.4. The maximum absolute atomic E-state index is 12.8. The van der Waals surface area contributed by atoms with Gasteiger partial charge in [-0.05, 0) is 44.4 Å². The Kier molecular flexibility index (Phi) is 8.31. The highest BCUT2D eigenvalue weighted by Crippen LogP contribution is 2.32. The first-order valence-electron chi connectivity index (χ1n) is 9.12. The van der Waals surface area contributed by atoms with Gasteiger partial charge in [0, 0.05) is 12.6 Å². The molecule has 0 radical (unpaired) electrons. The van der Waals surface area contributed by atoms with Crippen LogP contribution in [0.4, 0.5) is 0 Å². The minimum absolute atomic E-state index is 0.215. The molecule has 0 spiro atoms. The lowest BCUT2D eigenvalue weighted by atomic mass is 9.77. The molecule has 0 saturated heterocycles. The Balaban J connectivity index is 2.54. The van der Waals surface area contributed by atoms with E-state index in [9.17, 15) is 4.79 Å². The van der Waals surface area contributed by atoms with E-state index in [1.807, 2.05) is 0 Å². The molecule has 0 bridgehead atoms. The fraction of sp³-hybridized carbons (Fsp3) is 0.944. The predicted octanol–water partition coefficient (Wildman–Crippen LogP) is 4.01. The highest BCUT2D eigenvalue weighted by molar-refractivity contribution is 5.83. The lowest BCUT2D eigenvalue weighted by Crippen LogP contribution is -2.50. The molecule has 124 valence electrons. The molecule has 0 heterocycles. The molecule has 3 heteroatoms. The smallest absolute Gasteiger partial charge is 0.227 e. The van der Waals surface area contributed by atoms with Crippen molar-refractivity contribution in [3.63, 3.8) is 0 Å². The average Bonchev–Trinajstić information content (AvgIpc) is 2.49. The SMILES string of the molecule is CCCC1CCC(NC(=O)C(CN)(CCC)CCC)CC1. The van der Waals surface area contributed by atoms with Crippen molar-refractivity contribution in [3.8, 4) is 0 Å². The van der Waals surface area contributed by atoms with Gasteiger partial charge in [0.1, 0.15) is 0 Å². The Morgan fingerprint density at radius 3 is 2.05 bits per heavy atom. The van der Waals surface area contributed by atoms with Crippen LogP contribution >= 0.6 is 0 Å². The van der Waals surface area contributed by atoms with Crippen molar-refractivity contribution in [1.82, 2.24) is 5.32 Å². The summed E-state index contributed by atoms with van der Waals surface area (Å²) >= 11 is 0. The van der Waals surface area contributed by atoms with E-state index in [4.69, 9.17) is 5.73 Å². The second-order valence-corrected chi connectivity index (χ2v) is 6.96. The Labute approximate surface area is 131 Å². The zero-order valence-electron chi connectivity index (χ0n) is 14.4. The lowest BCUT2D eigenvalue weighted by Gasteiger charge is -2.35. The number of carbonyl (C=O) groups is 1. The van der Waals surface area contributed by atoms with Gasteiger partial charge in [-0.25, -0.2) is 0 Å². The molecule has 0 aromatic carbocycles. The Hall–Kier alpha value is -0.570. The lowest BCUT2D eigenvalue weighted by molar-refractivity contribution is -0.132. The first-order chi connectivity index (χ1) is 10.1. The average molecular weight is 296 g/mol. The molecule has 3 N–H and O–H groups in total. The van der Waals surface area contributed by atoms with Crippen molar-refractivity contribution in [2.45, 2.75) is 91.0 Å². The summed E-state index contributed by atoms with van der Waals surface area (Å²) < 4.78 is 0. The molecular formula is C18H36N2O. The van der Waals surface area contributed by atoms with Gasteiger partial charge in [0.2, 0.25) is 5.91 Å². The van der Waals surface area contributed by atoms with Gasteiger partial charge >= 0.3 is 0 Å². The summed E-state index contributed by atoms with van der Waals surface area (Å²) in [5.41, 5.74) is 5.66. The van der Waals surface area contributed by atoms with Crippen molar-refractivity contribution in [2.24, 2.45) is 17.1 Å². The third-order valence-electron chi connectivity index (χ3n) is 5.21. The highest BCUT2D eigenvalue weighted by atomic mass is 16.2. The molecule has 0 aromatic heterocycles. The monoisotopic (exact) mass is 296 g/mol. The van der Waals surface area contributed by atoms with Crippen LogP contribution in [0.15, 0.2) is 0 Å². The number of carbonyl (C=O) groups excluding carboxylic acids is 1. The number of hydrogen-bond donors (Lipinski definition) is 2. The van der Waals surface area contributed by atoms with Crippen LogP contribution in [-0.2, 0) is 4.79 Å². The van der Waals surface area contributed by atoms with E-state index >= 15 is 0 Å². The third kappa shape index (κ3) is 5.28. The topological polar surface area (TPSA) is 55.1 Å². The van der Waals surface area contributed by atoms with Crippen molar-refractivity contribution in [1.29, 1.82) is 0 Å². The van der Waals surface area contributed by atoms with Gasteiger partial charge in [0.05, 0.1) is 5.41 Å². The second-order valence-electron chi connectivity index (χ2n) is 6.96. The molecule has 0 aliphatic heterocycles. The number of amides is 1. The first kappa shape index (κ1) is 18.5. The Morgan fingerprint density at radius 1 is 1.05 bits per heavy atom. The molecule has 21 heavy (non-hydrogen) atoms. The van der Waals surface area contributed by atoms with Crippen LogP contribution in [0.2, 0.25) is 0 Å². The van der Waals surface area contributed by atoms with Crippen LogP contribution in [0.3, 0.4) is 0 Å². The van der Waals surface area contributed by atoms with Gasteiger partial charge < -0.3 is 11.1 Å². The van der Waals surface area contributed by atoms with Crippen LogP contribution in [0.25, 0.3) is 0 Å². The summed E-state index contributed by atoms with van der Waals surface area (Å²) in [4.78, 5) is 12.8. The van der Waals surface area contributed by atoms with Gasteiger partial charge in [0.15, 0.2) is 0 Å². The van der Waals surface area contributed by atoms with E-state index in [1.165, 1.54) is 25.7 Å². The quantitative estimate of drug-likeness (QED) is 0.675. The van der Waals surface area contributed by atoms with Crippen molar-refractivity contribution in [3.05, 3.63) is 0 Å². The fourth-order valence-corrected chi connectivity index (χ4v) is 3.95. The van der Waals surface area contributed by atoms with E-state index in [0.29, 0.717) is 12.6 Å². The summed E-state index contributed by atoms with van der Waals surface area (Å²) in [6, 6.07) is 0.380. The molecule has 1 saturated carbocycles. The van der Waals surface area contributed by atoms with E-state index in [-0.39, 0.29) is 11.3 Å². The summed E-state index contributed by atoms with van der Waals surface area (Å²) in [7, 11) is 0. The van der Waals surface area contributed by atoms with Crippen molar-refractivity contribution >= 4 is 5.91 Å². The van der Waals surface area contributed by atoms with Crippen LogP contribution in [0, 0.1) is 11.3 Å². The van der Waals surface area contributed by atoms with Gasteiger partial charge in [-0.15, -0.1) is 0 Å². The molecule has 0 aromatic rings. The zero-order chi connectivity index (χ0) is 15.7. The molecule has 0 atom stereocenters. The van der Waals surface area contributed by atoms with Crippen molar-refractivity contribution < 1.29 is 4.79 Å². The third-order valence-corrected chi connectivity index (χ3v) is 5.21. The normalized spacial score (nSPS) is 23.0. The van der Waals surface area contributed by atoms with E-state index in [0.717, 1.165) is 44.4 Å². The molecule has 1 aliphatic rings. The van der Waals surface area contributed by atoms with Crippen LogP contribution in [-0.4, -0.2) is 18.5 Å². The maximum atomic E-state index is 12.8. The Morgan fingerprint density at radius 2 is 1.62 bits per heavy atom. The van der Waals surface area contributed by atoms with Gasteiger partial charge in [-0.1, -0.05) is 46.5 Å². The van der Waals surface area contributed by atoms with Crippen LogP contribution < -0.4 is 11.1 Å². The summed E-state index contributed by atoms with van der Waals surface area (Å²) in [5.74, 6) is 1.10. The van der Waals surface area contributed by atoms with Crippen molar-refractivity contribution in [2.75, 3.05) is 6.54 Å². The first-order valence-corrected chi connectivity index (χ1v) is 9.12.